The fraction of sp³-hybridized carbons (Fsp3) is 0.240. The number of methoxy groups -OCH3 is 1. The summed E-state index contributed by atoms with van der Waals surface area (Å²) in [4.78, 5) is 37.6. The Morgan fingerprint density at radius 3 is 2.36 bits per heavy atom. The second-order valence-electron chi connectivity index (χ2n) is 7.77. The summed E-state index contributed by atoms with van der Waals surface area (Å²) in [5.74, 6) is -2.82. The first-order chi connectivity index (χ1) is 15.6. The molecule has 1 unspecified atom stereocenters. The average Bonchev–Trinajstić information content (AvgIpc) is 3.04. The van der Waals surface area contributed by atoms with E-state index in [1.807, 2.05) is 0 Å². The van der Waals surface area contributed by atoms with Crippen molar-refractivity contribution in [3.63, 3.8) is 0 Å². The van der Waals surface area contributed by atoms with Gasteiger partial charge in [-0.1, -0.05) is 17.2 Å². The Morgan fingerprint density at radius 2 is 1.79 bits per heavy atom. The van der Waals surface area contributed by atoms with E-state index in [2.05, 4.69) is 0 Å². The number of aromatic nitrogens is 1. The van der Waals surface area contributed by atoms with Gasteiger partial charge in [-0.3, -0.25) is 14.2 Å². The van der Waals surface area contributed by atoms with E-state index < -0.39 is 17.9 Å². The zero-order valence-corrected chi connectivity index (χ0v) is 19.5. The molecule has 0 aliphatic heterocycles. The summed E-state index contributed by atoms with van der Waals surface area (Å²) < 4.78 is 12.0. The number of hydrogen-bond donors (Lipinski definition) is 1. The highest BCUT2D eigenvalue weighted by molar-refractivity contribution is 6.30. The number of carboxylic acids is 1. The molecule has 7 nitrogen and oxygen atoms in total. The van der Waals surface area contributed by atoms with Gasteiger partial charge in [-0.15, -0.1) is 0 Å². The molecule has 0 bridgehead atoms. The molecule has 0 aliphatic carbocycles. The minimum atomic E-state index is -1.19. The number of rotatable bonds is 7. The summed E-state index contributed by atoms with van der Waals surface area (Å²) in [6.45, 7) is 4.76. The average molecular weight is 470 g/mol. The van der Waals surface area contributed by atoms with Crippen molar-refractivity contribution in [1.29, 1.82) is 0 Å². The molecule has 1 atom stereocenters. The maximum Gasteiger partial charge on any atom is 0.330 e. The van der Waals surface area contributed by atoms with Crippen LogP contribution in [0, 0.1) is 6.92 Å². The molecule has 1 aromatic heterocycles. The first kappa shape index (κ1) is 24.1. The molecule has 0 spiro atoms. The summed E-state index contributed by atoms with van der Waals surface area (Å²) in [6.07, 6.45) is 1.29. The maximum absolute atomic E-state index is 13.4. The molecule has 0 saturated carbocycles. The molecule has 2 aromatic carbocycles. The molecule has 0 fully saturated rings. The van der Waals surface area contributed by atoms with E-state index in [0.717, 1.165) is 5.57 Å². The van der Waals surface area contributed by atoms with Gasteiger partial charge in [-0.05, 0) is 68.8 Å². The lowest BCUT2D eigenvalue weighted by Gasteiger charge is -2.14. The van der Waals surface area contributed by atoms with Crippen LogP contribution in [0.3, 0.4) is 0 Å². The quantitative estimate of drug-likeness (QED) is 0.387. The number of ether oxygens (including phenoxy) is 2. The number of hydrogen-bond acceptors (Lipinski definition) is 5. The van der Waals surface area contributed by atoms with Crippen LogP contribution >= 0.6 is 11.6 Å². The van der Waals surface area contributed by atoms with Crippen LogP contribution < -0.4 is 4.74 Å². The number of halogens is 1. The number of carbonyl (C=O) groups excluding carboxylic acids is 2. The molecule has 0 saturated heterocycles. The first-order valence-corrected chi connectivity index (χ1v) is 10.6. The molecule has 0 radical (unpaired) electrons. The number of fused-ring (bicyclic) bond motifs is 1. The molecule has 1 N–H and O–H groups in total. The van der Waals surface area contributed by atoms with Gasteiger partial charge in [-0.25, -0.2) is 4.79 Å². The van der Waals surface area contributed by atoms with Gasteiger partial charge in [0.25, 0.3) is 5.91 Å². The number of aliphatic carboxylic acids is 1. The molecule has 8 heteroatoms. The molecule has 3 aromatic rings. The van der Waals surface area contributed by atoms with Crippen LogP contribution in [0.25, 0.3) is 10.9 Å². The van der Waals surface area contributed by atoms with Crippen molar-refractivity contribution in [3.05, 3.63) is 76.0 Å². The minimum Gasteiger partial charge on any atom is -0.497 e. The van der Waals surface area contributed by atoms with Crippen LogP contribution in [0.4, 0.5) is 0 Å². The van der Waals surface area contributed by atoms with E-state index >= 15 is 0 Å². The lowest BCUT2D eigenvalue weighted by molar-refractivity contribution is -0.144. The Labute approximate surface area is 196 Å². The number of allylic oxidation sites excluding steroid dienone is 1. The van der Waals surface area contributed by atoms with E-state index in [1.54, 1.807) is 63.2 Å². The maximum atomic E-state index is 13.4. The van der Waals surface area contributed by atoms with Crippen molar-refractivity contribution in [1.82, 2.24) is 4.57 Å². The number of nitrogens with zero attached hydrogens (tertiary/aromatic N) is 1. The molecule has 0 aliphatic rings. The minimum absolute atomic E-state index is 0.337. The van der Waals surface area contributed by atoms with Gasteiger partial charge in [-0.2, -0.15) is 0 Å². The Balaban J connectivity index is 2.17. The Bertz CT molecular complexity index is 1250. The van der Waals surface area contributed by atoms with Gasteiger partial charge in [0.15, 0.2) is 0 Å². The normalized spacial score (nSPS) is 11.7. The van der Waals surface area contributed by atoms with Gasteiger partial charge in [0.2, 0.25) is 0 Å². The second kappa shape index (κ2) is 9.92. The molecule has 1 heterocycles. The third kappa shape index (κ3) is 5.09. The summed E-state index contributed by atoms with van der Waals surface area (Å²) in [5.41, 5.74) is 2.46. The number of carboxylic acid groups (broad SMARTS) is 1. The Hall–Kier alpha value is -3.58. The van der Waals surface area contributed by atoms with Crippen LogP contribution in [0.2, 0.25) is 5.02 Å². The topological polar surface area (TPSA) is 94.8 Å². The lowest BCUT2D eigenvalue weighted by atomic mass is 9.96. The molecule has 33 heavy (non-hydrogen) atoms. The molecule has 172 valence electrons. The van der Waals surface area contributed by atoms with Gasteiger partial charge in [0, 0.05) is 27.7 Å². The first-order valence-electron chi connectivity index (χ1n) is 10.2. The van der Waals surface area contributed by atoms with E-state index in [0.29, 0.717) is 38.5 Å². The van der Waals surface area contributed by atoms with E-state index in [1.165, 1.54) is 17.8 Å². The predicted octanol–water partition coefficient (Wildman–Crippen LogP) is 4.98. The smallest absolute Gasteiger partial charge is 0.330 e. The van der Waals surface area contributed by atoms with Crippen LogP contribution in [0.1, 0.15) is 41.4 Å². The molecular formula is C25H24ClNO6. The van der Waals surface area contributed by atoms with Crippen molar-refractivity contribution >= 4 is 40.3 Å². The van der Waals surface area contributed by atoms with Crippen molar-refractivity contribution in [2.45, 2.75) is 26.7 Å². The highest BCUT2D eigenvalue weighted by atomic mass is 35.5. The van der Waals surface area contributed by atoms with Gasteiger partial charge >= 0.3 is 11.9 Å². The van der Waals surface area contributed by atoms with Crippen molar-refractivity contribution in [2.75, 3.05) is 13.7 Å². The summed E-state index contributed by atoms with van der Waals surface area (Å²) in [7, 11) is 1.50. The van der Waals surface area contributed by atoms with E-state index in [4.69, 9.17) is 21.1 Å². The van der Waals surface area contributed by atoms with E-state index in [9.17, 15) is 19.5 Å². The highest BCUT2D eigenvalue weighted by Gasteiger charge is 2.30. The SMILES string of the molecule is COc1ccc2c(c1)c(C(COC(=O)C=C(C)C)C(=O)O)c(C)n2C(=O)c1ccc(Cl)cc1. The predicted molar refractivity (Wildman–Crippen MR) is 125 cm³/mol. The fourth-order valence-corrected chi connectivity index (χ4v) is 3.82. The lowest BCUT2D eigenvalue weighted by Crippen LogP contribution is -2.21. The third-order valence-electron chi connectivity index (χ3n) is 5.20. The third-order valence-corrected chi connectivity index (χ3v) is 5.45. The highest BCUT2D eigenvalue weighted by Crippen LogP contribution is 2.35. The summed E-state index contributed by atoms with van der Waals surface area (Å²) in [6, 6.07) is 11.5. The number of carbonyl (C=O) groups is 3. The number of benzene rings is 2. The zero-order chi connectivity index (χ0) is 24.3. The molecule has 3 rings (SSSR count). The van der Waals surface area contributed by atoms with Gasteiger partial charge < -0.3 is 14.6 Å². The van der Waals surface area contributed by atoms with Gasteiger partial charge in [0.1, 0.15) is 18.3 Å². The fourth-order valence-electron chi connectivity index (χ4n) is 3.69. The number of esters is 1. The zero-order valence-electron chi connectivity index (χ0n) is 18.7. The van der Waals surface area contributed by atoms with Crippen molar-refractivity contribution in [2.24, 2.45) is 0 Å². The largest absolute Gasteiger partial charge is 0.497 e. The van der Waals surface area contributed by atoms with Crippen LogP contribution in [0.5, 0.6) is 5.75 Å². The monoisotopic (exact) mass is 469 g/mol. The van der Waals surface area contributed by atoms with Crippen molar-refractivity contribution < 1.29 is 29.0 Å². The standard InChI is InChI=1S/C25H24ClNO6/c1-14(2)11-22(28)33-13-20(25(30)31)23-15(3)27(21-10-9-18(32-4)12-19(21)23)24(29)16-5-7-17(26)8-6-16/h5-12,20H,13H2,1-4H3,(H,30,31). The molecule has 0 amide bonds. The Morgan fingerprint density at radius 1 is 1.12 bits per heavy atom. The van der Waals surface area contributed by atoms with Gasteiger partial charge in [0.05, 0.1) is 12.6 Å². The molecular weight excluding hydrogens is 446 g/mol. The summed E-state index contributed by atoms with van der Waals surface area (Å²) in [5, 5.41) is 11.0. The van der Waals surface area contributed by atoms with E-state index in [-0.39, 0.29) is 12.5 Å². The van der Waals surface area contributed by atoms with Crippen LogP contribution in [0.15, 0.2) is 54.1 Å². The van der Waals surface area contributed by atoms with Crippen molar-refractivity contribution in [3.8, 4) is 5.75 Å². The van der Waals surface area contributed by atoms with Crippen LogP contribution in [-0.2, 0) is 14.3 Å². The Kier molecular flexibility index (Phi) is 7.23. The van der Waals surface area contributed by atoms with Crippen LogP contribution in [-0.4, -0.2) is 41.2 Å². The second-order valence-corrected chi connectivity index (χ2v) is 8.21. The summed E-state index contributed by atoms with van der Waals surface area (Å²) >= 11 is 5.95.